The van der Waals surface area contributed by atoms with Crippen molar-refractivity contribution in [2.75, 3.05) is 18.9 Å². The third kappa shape index (κ3) is 5.49. The van der Waals surface area contributed by atoms with Crippen LogP contribution in [0.25, 0.3) is 5.69 Å². The van der Waals surface area contributed by atoms with Gasteiger partial charge in [-0.2, -0.15) is 9.97 Å². The summed E-state index contributed by atoms with van der Waals surface area (Å²) < 4.78 is 48.5. The van der Waals surface area contributed by atoms with Crippen LogP contribution in [0.1, 0.15) is 69.3 Å². The van der Waals surface area contributed by atoms with Crippen molar-refractivity contribution in [2.24, 2.45) is 0 Å². The fraction of sp³-hybridized carbons (Fsp3) is 0.565. The predicted octanol–water partition coefficient (Wildman–Crippen LogP) is 2.74. The summed E-state index contributed by atoms with van der Waals surface area (Å²) in [5.74, 6) is 1.02. The first kappa shape index (κ1) is 26.7. The van der Waals surface area contributed by atoms with Gasteiger partial charge in [0.25, 0.3) is 0 Å². The summed E-state index contributed by atoms with van der Waals surface area (Å²) in [7, 11) is -1.16. The second-order valence-corrected chi connectivity index (χ2v) is 11.2. The van der Waals surface area contributed by atoms with Gasteiger partial charge in [-0.25, -0.2) is 8.42 Å². The van der Waals surface area contributed by atoms with E-state index in [1.165, 1.54) is 26.7 Å². The van der Waals surface area contributed by atoms with E-state index in [2.05, 4.69) is 34.9 Å². The van der Waals surface area contributed by atoms with Crippen LogP contribution < -0.4 is 14.2 Å². The summed E-state index contributed by atoms with van der Waals surface area (Å²) in [5.41, 5.74) is 1.43. The molecule has 2 atom stereocenters. The Labute approximate surface area is 216 Å². The third-order valence-corrected chi connectivity index (χ3v) is 7.88. The van der Waals surface area contributed by atoms with Gasteiger partial charge in [-0.05, 0) is 40.5 Å². The molecule has 3 heterocycles. The van der Waals surface area contributed by atoms with E-state index < -0.39 is 21.4 Å². The van der Waals surface area contributed by atoms with Crippen molar-refractivity contribution in [3.63, 3.8) is 0 Å². The number of nitrogens with one attached hydrogen (secondary N) is 1. The minimum absolute atomic E-state index is 0.0292. The van der Waals surface area contributed by atoms with Gasteiger partial charge >= 0.3 is 0 Å². The second kappa shape index (κ2) is 10.9. The molecular formula is C23H32N8O5S. The lowest BCUT2D eigenvalue weighted by Crippen LogP contribution is -2.34. The number of ether oxygens (including phenoxy) is 3. The highest BCUT2D eigenvalue weighted by molar-refractivity contribution is 7.93. The largest absolute Gasteiger partial charge is 0.479 e. The van der Waals surface area contributed by atoms with Gasteiger partial charge in [-0.1, -0.05) is 6.42 Å². The molecule has 0 radical (unpaired) electrons. The minimum Gasteiger partial charge on any atom is -0.479 e. The van der Waals surface area contributed by atoms with E-state index in [9.17, 15) is 8.42 Å². The average Bonchev–Trinajstić information content (AvgIpc) is 3.22. The molecule has 0 bridgehead atoms. The Balaban J connectivity index is 1.77. The normalized spacial score (nSPS) is 15.8. The first-order chi connectivity index (χ1) is 17.7. The zero-order valence-corrected chi connectivity index (χ0v) is 22.6. The van der Waals surface area contributed by atoms with Gasteiger partial charge in [0.2, 0.25) is 27.7 Å². The first-order valence-corrected chi connectivity index (χ1v) is 13.5. The number of aromatic nitrogens is 7. The number of hydrogen-bond acceptors (Lipinski definition) is 11. The molecule has 3 aromatic rings. The van der Waals surface area contributed by atoms with Crippen molar-refractivity contribution >= 4 is 16.0 Å². The lowest BCUT2D eigenvalue weighted by Gasteiger charge is -2.27. The summed E-state index contributed by atoms with van der Waals surface area (Å²) in [4.78, 5) is 17.0. The highest BCUT2D eigenvalue weighted by Crippen LogP contribution is 2.40. The lowest BCUT2D eigenvalue weighted by atomic mass is 9.85. The topological polar surface area (TPSA) is 156 Å². The Morgan fingerprint density at radius 3 is 2.19 bits per heavy atom. The van der Waals surface area contributed by atoms with Crippen LogP contribution >= 0.6 is 0 Å². The maximum atomic E-state index is 13.7. The van der Waals surface area contributed by atoms with Crippen LogP contribution in [-0.2, 0) is 14.8 Å². The molecule has 37 heavy (non-hydrogen) atoms. The molecule has 1 aliphatic rings. The molecule has 3 aromatic heterocycles. The van der Waals surface area contributed by atoms with E-state index in [4.69, 9.17) is 14.2 Å². The number of sulfonamides is 1. The summed E-state index contributed by atoms with van der Waals surface area (Å²) in [5, 5.41) is 7.49. The van der Waals surface area contributed by atoms with Gasteiger partial charge in [-0.15, -0.1) is 10.2 Å². The number of nitrogens with zero attached hydrogens (tertiary/aromatic N) is 7. The van der Waals surface area contributed by atoms with Crippen molar-refractivity contribution < 1.29 is 22.6 Å². The summed E-state index contributed by atoms with van der Waals surface area (Å²) >= 11 is 0. The molecule has 14 heteroatoms. The Hall–Kier alpha value is -3.39. The highest BCUT2D eigenvalue weighted by Gasteiger charge is 2.37. The quantitative estimate of drug-likeness (QED) is 0.387. The second-order valence-electron chi connectivity index (χ2n) is 9.13. The van der Waals surface area contributed by atoms with Gasteiger partial charge in [-0.3, -0.25) is 19.3 Å². The standard InChI is InChI=1S/C23H32N8O5S/c1-13(2)36-19(17-11-24-14(3)10-25-17)15(4)37(32,33)30-23-29-28-20(16-8-7-9-16)31(23)18-21(34-5)26-12-27-22(18)35-6/h10-13,15-16,19H,7-9H2,1-6H3,(H,29,30). The first-order valence-electron chi connectivity index (χ1n) is 12.0. The van der Waals surface area contributed by atoms with Crippen LogP contribution in [0.4, 0.5) is 5.95 Å². The summed E-state index contributed by atoms with van der Waals surface area (Å²) in [6.07, 6.45) is 6.12. The van der Waals surface area contributed by atoms with Crippen LogP contribution in [-0.4, -0.2) is 68.7 Å². The molecular weight excluding hydrogens is 500 g/mol. The number of anilines is 1. The monoisotopic (exact) mass is 532 g/mol. The molecule has 1 fully saturated rings. The van der Waals surface area contributed by atoms with Crippen molar-refractivity contribution in [3.05, 3.63) is 35.9 Å². The Bertz CT molecular complexity index is 1300. The molecule has 13 nitrogen and oxygen atoms in total. The van der Waals surface area contributed by atoms with Crippen molar-refractivity contribution in [3.8, 4) is 17.4 Å². The van der Waals surface area contributed by atoms with E-state index in [0.717, 1.165) is 19.3 Å². The smallest absolute Gasteiger partial charge is 0.245 e. The van der Waals surface area contributed by atoms with E-state index in [1.54, 1.807) is 24.6 Å². The van der Waals surface area contributed by atoms with Crippen molar-refractivity contribution in [1.82, 2.24) is 34.7 Å². The molecule has 1 saturated carbocycles. The molecule has 1 N–H and O–H groups in total. The average molecular weight is 533 g/mol. The molecule has 0 saturated heterocycles. The van der Waals surface area contributed by atoms with Gasteiger partial charge in [0, 0.05) is 12.1 Å². The maximum Gasteiger partial charge on any atom is 0.245 e. The fourth-order valence-corrected chi connectivity index (χ4v) is 5.10. The van der Waals surface area contributed by atoms with Crippen molar-refractivity contribution in [2.45, 2.75) is 70.3 Å². The molecule has 200 valence electrons. The SMILES string of the molecule is COc1ncnc(OC)c1-n1c(NS(=O)(=O)C(C)C(OC(C)C)c2cnc(C)cn2)nnc1C1CCC1. The van der Waals surface area contributed by atoms with E-state index in [1.807, 2.05) is 13.8 Å². The van der Waals surface area contributed by atoms with Gasteiger partial charge < -0.3 is 14.2 Å². The number of methoxy groups -OCH3 is 2. The zero-order valence-electron chi connectivity index (χ0n) is 21.7. The maximum absolute atomic E-state index is 13.7. The lowest BCUT2D eigenvalue weighted by molar-refractivity contribution is 0.00394. The molecule has 0 amide bonds. The Morgan fingerprint density at radius 1 is 1.00 bits per heavy atom. The molecule has 0 spiro atoms. The zero-order chi connectivity index (χ0) is 26.7. The Morgan fingerprint density at radius 2 is 1.68 bits per heavy atom. The Kier molecular flexibility index (Phi) is 7.87. The third-order valence-electron chi connectivity index (χ3n) is 6.18. The predicted molar refractivity (Wildman–Crippen MR) is 134 cm³/mol. The fourth-order valence-electron chi connectivity index (χ4n) is 4.00. The van der Waals surface area contributed by atoms with Gasteiger partial charge in [0.1, 0.15) is 23.5 Å². The summed E-state index contributed by atoms with van der Waals surface area (Å²) in [6, 6.07) is 0. The number of rotatable bonds is 11. The molecule has 2 unspecified atom stereocenters. The molecule has 0 aliphatic heterocycles. The minimum atomic E-state index is -4.08. The number of aryl methyl sites for hydroxylation is 1. The van der Waals surface area contributed by atoms with E-state index in [-0.39, 0.29) is 29.7 Å². The van der Waals surface area contributed by atoms with Crippen LogP contribution in [0.15, 0.2) is 18.7 Å². The van der Waals surface area contributed by atoms with Crippen LogP contribution in [0, 0.1) is 6.92 Å². The number of hydrogen-bond donors (Lipinski definition) is 1. The van der Waals surface area contributed by atoms with Gasteiger partial charge in [0.15, 0.2) is 5.69 Å². The molecule has 1 aliphatic carbocycles. The highest BCUT2D eigenvalue weighted by atomic mass is 32.2. The van der Waals surface area contributed by atoms with Crippen LogP contribution in [0.2, 0.25) is 0 Å². The van der Waals surface area contributed by atoms with Crippen molar-refractivity contribution in [1.29, 1.82) is 0 Å². The van der Waals surface area contributed by atoms with E-state index >= 15 is 0 Å². The van der Waals surface area contributed by atoms with Crippen LogP contribution in [0.5, 0.6) is 11.8 Å². The van der Waals surface area contributed by atoms with Crippen LogP contribution in [0.3, 0.4) is 0 Å². The van der Waals surface area contributed by atoms with Gasteiger partial charge in [0.05, 0.1) is 37.9 Å². The molecule has 4 rings (SSSR count). The van der Waals surface area contributed by atoms with E-state index in [0.29, 0.717) is 22.9 Å². The summed E-state index contributed by atoms with van der Waals surface area (Å²) in [6.45, 7) is 7.02. The molecule has 0 aromatic carbocycles.